The number of carbonyl (C=O) groups is 3. The van der Waals surface area contributed by atoms with E-state index in [1.807, 2.05) is 5.32 Å². The highest BCUT2D eigenvalue weighted by Gasteiger charge is 2.24. The number of nitrogens with one attached hydrogen (secondary N) is 2. The molecule has 0 saturated carbocycles. The fourth-order valence-electron chi connectivity index (χ4n) is 0.920. The summed E-state index contributed by atoms with van der Waals surface area (Å²) < 4.78 is 0. The van der Waals surface area contributed by atoms with Crippen LogP contribution in [-0.4, -0.2) is 23.3 Å². The van der Waals surface area contributed by atoms with Crippen molar-refractivity contribution in [1.82, 2.24) is 5.32 Å². The largest absolute Gasteiger partial charge is 0.351 e. The number of carbonyl (C=O) groups excluding carboxylic acids is 3. The second kappa shape index (κ2) is 3.18. The maximum atomic E-state index is 11.1. The van der Waals surface area contributed by atoms with Gasteiger partial charge in [0.2, 0.25) is 5.78 Å². The van der Waals surface area contributed by atoms with Crippen molar-refractivity contribution < 1.29 is 14.4 Å². The molecule has 0 heterocycles. The zero-order valence-corrected chi connectivity index (χ0v) is 6.59. The number of allylic oxidation sites excluding steroid dienone is 2. The second-order valence-corrected chi connectivity index (χ2v) is 2.50. The van der Waals surface area contributed by atoms with E-state index in [0.29, 0.717) is 0 Å². The quantitative estimate of drug-likeness (QED) is 0.487. The molecule has 68 valence electrons. The lowest BCUT2D eigenvalue weighted by molar-refractivity contribution is -0.116. The minimum Gasteiger partial charge on any atom is -0.351 e. The molecular weight excluding hydrogens is 174 g/mol. The van der Waals surface area contributed by atoms with Gasteiger partial charge >= 0.3 is 6.03 Å². The van der Waals surface area contributed by atoms with Gasteiger partial charge in [-0.3, -0.25) is 9.59 Å². The Hall–Kier alpha value is -1.98. The van der Waals surface area contributed by atoms with Crippen LogP contribution in [-0.2, 0) is 9.59 Å². The molecule has 1 rings (SSSR count). The molecule has 6 heteroatoms. The van der Waals surface area contributed by atoms with E-state index in [0.717, 1.165) is 6.08 Å². The molecule has 0 spiro atoms. The van der Waals surface area contributed by atoms with Gasteiger partial charge in [-0.2, -0.15) is 0 Å². The molecule has 0 saturated heterocycles. The van der Waals surface area contributed by atoms with Gasteiger partial charge in [0.1, 0.15) is 0 Å². The van der Waals surface area contributed by atoms with E-state index in [1.165, 1.54) is 0 Å². The summed E-state index contributed by atoms with van der Waals surface area (Å²) in [6.45, 7) is 0. The SMILES string of the molecule is N=C1CC(=O)C=C(NC(N)=O)C1=O. The Balaban J connectivity index is 2.93. The van der Waals surface area contributed by atoms with E-state index in [-0.39, 0.29) is 17.8 Å². The van der Waals surface area contributed by atoms with E-state index in [9.17, 15) is 14.4 Å². The van der Waals surface area contributed by atoms with Gasteiger partial charge < -0.3 is 16.5 Å². The van der Waals surface area contributed by atoms with E-state index in [1.54, 1.807) is 0 Å². The Kier molecular flexibility index (Phi) is 2.23. The Bertz CT molecular complexity index is 343. The van der Waals surface area contributed by atoms with Crippen LogP contribution in [0, 0.1) is 5.41 Å². The Morgan fingerprint density at radius 2 is 2.15 bits per heavy atom. The summed E-state index contributed by atoms with van der Waals surface area (Å²) in [5, 5.41) is 9.08. The molecule has 13 heavy (non-hydrogen) atoms. The Labute approximate surface area is 73.3 Å². The van der Waals surface area contributed by atoms with Crippen LogP contribution in [0.5, 0.6) is 0 Å². The molecule has 0 fully saturated rings. The smallest absolute Gasteiger partial charge is 0.316 e. The predicted octanol–water partition coefficient (Wildman–Crippen LogP) is -0.900. The molecule has 6 nitrogen and oxygen atoms in total. The number of ketones is 2. The first-order valence-electron chi connectivity index (χ1n) is 3.44. The van der Waals surface area contributed by atoms with Gasteiger partial charge in [-0.15, -0.1) is 0 Å². The maximum Gasteiger partial charge on any atom is 0.316 e. The first-order valence-corrected chi connectivity index (χ1v) is 3.44. The number of amides is 2. The van der Waals surface area contributed by atoms with Gasteiger partial charge in [0.05, 0.1) is 17.8 Å². The van der Waals surface area contributed by atoms with Crippen molar-refractivity contribution in [3.8, 4) is 0 Å². The minimum atomic E-state index is -0.929. The van der Waals surface area contributed by atoms with Crippen molar-refractivity contribution in [3.63, 3.8) is 0 Å². The van der Waals surface area contributed by atoms with Gasteiger partial charge in [0.25, 0.3) is 0 Å². The average Bonchev–Trinajstić information content (AvgIpc) is 1.98. The van der Waals surface area contributed by atoms with E-state index >= 15 is 0 Å². The summed E-state index contributed by atoms with van der Waals surface area (Å²) in [7, 11) is 0. The molecule has 2 amide bonds. The molecule has 0 unspecified atom stereocenters. The topological polar surface area (TPSA) is 113 Å². The summed E-state index contributed by atoms with van der Waals surface area (Å²) in [6, 6.07) is -0.929. The predicted molar refractivity (Wildman–Crippen MR) is 43.2 cm³/mol. The van der Waals surface area contributed by atoms with Gasteiger partial charge in [0.15, 0.2) is 5.78 Å². The van der Waals surface area contributed by atoms with Crippen LogP contribution in [0.4, 0.5) is 4.79 Å². The van der Waals surface area contributed by atoms with Crippen molar-refractivity contribution in [1.29, 1.82) is 5.41 Å². The summed E-state index contributed by atoms with van der Waals surface area (Å²) in [6.07, 6.45) is 0.758. The molecule has 4 N–H and O–H groups in total. The van der Waals surface area contributed by atoms with Gasteiger partial charge in [0, 0.05) is 6.08 Å². The highest BCUT2D eigenvalue weighted by Crippen LogP contribution is 2.05. The molecule has 0 bridgehead atoms. The lowest BCUT2D eigenvalue weighted by atomic mass is 10.0. The third-order valence-corrected chi connectivity index (χ3v) is 1.43. The number of hydrogen-bond acceptors (Lipinski definition) is 4. The second-order valence-electron chi connectivity index (χ2n) is 2.50. The number of hydrogen-bond donors (Lipinski definition) is 3. The highest BCUT2D eigenvalue weighted by molar-refractivity contribution is 6.50. The van der Waals surface area contributed by atoms with Crippen LogP contribution in [0.3, 0.4) is 0 Å². The van der Waals surface area contributed by atoms with Crippen LogP contribution < -0.4 is 11.1 Å². The molecule has 0 aromatic rings. The van der Waals surface area contributed by atoms with Crippen LogP contribution in [0.15, 0.2) is 11.8 Å². The third kappa shape index (κ3) is 1.98. The lowest BCUT2D eigenvalue weighted by Gasteiger charge is -2.11. The van der Waals surface area contributed by atoms with Gasteiger partial charge in [-0.1, -0.05) is 0 Å². The number of primary amides is 1. The monoisotopic (exact) mass is 181 g/mol. The summed E-state index contributed by atoms with van der Waals surface area (Å²) in [5.41, 5.74) is 4.19. The first kappa shape index (κ1) is 9.11. The molecule has 1 aliphatic rings. The summed E-state index contributed by atoms with van der Waals surface area (Å²) in [4.78, 5) is 32.3. The van der Waals surface area contributed by atoms with E-state index in [4.69, 9.17) is 11.1 Å². The van der Waals surface area contributed by atoms with Crippen molar-refractivity contribution in [3.05, 3.63) is 11.8 Å². The third-order valence-electron chi connectivity index (χ3n) is 1.43. The highest BCUT2D eigenvalue weighted by atomic mass is 16.2. The zero-order chi connectivity index (χ0) is 10.0. The molecule has 1 aliphatic carbocycles. The van der Waals surface area contributed by atoms with Crippen LogP contribution in [0.1, 0.15) is 6.42 Å². The molecule has 0 atom stereocenters. The number of nitrogens with two attached hydrogens (primary N) is 1. The van der Waals surface area contributed by atoms with Crippen LogP contribution in [0.2, 0.25) is 0 Å². The molecule has 0 aromatic carbocycles. The standard InChI is InChI=1S/C7H7N3O3/c8-4-1-3(11)2-5(6(4)12)10-7(9)13/h2,8H,1H2,(H3,9,10,13). The Morgan fingerprint density at radius 3 is 2.69 bits per heavy atom. The molecule has 0 radical (unpaired) electrons. The van der Waals surface area contributed by atoms with Gasteiger partial charge in [-0.25, -0.2) is 4.79 Å². The zero-order valence-electron chi connectivity index (χ0n) is 6.59. The fourth-order valence-corrected chi connectivity index (χ4v) is 0.920. The van der Waals surface area contributed by atoms with Crippen LogP contribution >= 0.6 is 0 Å². The average molecular weight is 181 g/mol. The number of urea groups is 1. The van der Waals surface area contributed by atoms with Crippen LogP contribution in [0.25, 0.3) is 0 Å². The summed E-state index contributed by atoms with van der Waals surface area (Å²) >= 11 is 0. The summed E-state index contributed by atoms with van der Waals surface area (Å²) in [5.74, 6) is -1.06. The van der Waals surface area contributed by atoms with E-state index < -0.39 is 17.6 Å². The maximum absolute atomic E-state index is 11.1. The van der Waals surface area contributed by atoms with Crippen molar-refractivity contribution in [2.24, 2.45) is 5.73 Å². The van der Waals surface area contributed by atoms with E-state index in [2.05, 4.69) is 0 Å². The van der Waals surface area contributed by atoms with Crippen molar-refractivity contribution >= 4 is 23.3 Å². The van der Waals surface area contributed by atoms with Crippen molar-refractivity contribution in [2.75, 3.05) is 0 Å². The normalized spacial score (nSPS) is 16.9. The first-order chi connectivity index (χ1) is 6.00. The molecule has 0 aromatic heterocycles. The minimum absolute atomic E-state index is 0.219. The van der Waals surface area contributed by atoms with Crippen molar-refractivity contribution in [2.45, 2.75) is 6.42 Å². The number of rotatable bonds is 1. The fraction of sp³-hybridized carbons (Fsp3) is 0.143. The number of Topliss-reactive ketones (excluding diaryl/α,β-unsaturated/α-hetero) is 1. The molecular formula is C7H7N3O3. The molecule has 0 aliphatic heterocycles. The van der Waals surface area contributed by atoms with Gasteiger partial charge in [-0.05, 0) is 0 Å². The Morgan fingerprint density at radius 1 is 1.54 bits per heavy atom. The lowest BCUT2D eigenvalue weighted by Crippen LogP contribution is -2.37.